The Kier molecular flexibility index (Phi) is 6.26. The smallest absolute Gasteiger partial charge is 0.160 e. The third-order valence-electron chi connectivity index (χ3n) is 9.28. The number of benzene rings is 7. The van der Waals surface area contributed by atoms with Crippen LogP contribution in [-0.2, 0) is 0 Å². The first-order valence-electron chi connectivity index (χ1n) is 16.1. The molecule has 0 atom stereocenters. The minimum atomic E-state index is 0.731. The fourth-order valence-corrected chi connectivity index (χ4v) is 9.14. The molecule has 0 aliphatic rings. The molecule has 0 aliphatic heterocycles. The predicted molar refractivity (Wildman–Crippen MR) is 207 cm³/mol. The molecule has 0 aliphatic carbocycles. The van der Waals surface area contributed by atoms with E-state index < -0.39 is 0 Å². The molecule has 0 spiro atoms. The molecular formula is C44H26N2S2. The van der Waals surface area contributed by atoms with E-state index >= 15 is 0 Å². The Bertz CT molecular complexity index is 2730. The standard InChI is InChI=1S/C44H26N2S2/c1-2-9-28-22-30(17-16-27(28)8-1)29-10-7-11-31(23-29)38-26-39(32-18-20-36-34-12-3-5-14-40(34)47-42(36)24-32)46-44(45-38)33-19-21-37-35-13-4-6-15-41(35)48-43(37)25-33/h1-26H. The van der Waals surface area contributed by atoms with Crippen LogP contribution in [0.2, 0.25) is 0 Å². The minimum absolute atomic E-state index is 0.731. The largest absolute Gasteiger partial charge is 0.228 e. The number of aromatic nitrogens is 2. The number of fused-ring (bicyclic) bond motifs is 7. The molecule has 4 heteroatoms. The van der Waals surface area contributed by atoms with Gasteiger partial charge < -0.3 is 0 Å². The van der Waals surface area contributed by atoms with Gasteiger partial charge in [0.25, 0.3) is 0 Å². The van der Waals surface area contributed by atoms with E-state index in [1.165, 1.54) is 62.2 Å². The number of rotatable bonds is 4. The summed E-state index contributed by atoms with van der Waals surface area (Å²) in [4.78, 5) is 10.5. The molecule has 3 heterocycles. The predicted octanol–water partition coefficient (Wildman–Crippen LogP) is 13.0. The first-order valence-corrected chi connectivity index (χ1v) is 17.7. The summed E-state index contributed by atoms with van der Waals surface area (Å²) >= 11 is 3.65. The molecule has 7 aromatic carbocycles. The highest BCUT2D eigenvalue weighted by Gasteiger charge is 2.15. The maximum absolute atomic E-state index is 5.24. The van der Waals surface area contributed by atoms with E-state index in [-0.39, 0.29) is 0 Å². The molecule has 0 saturated carbocycles. The van der Waals surface area contributed by atoms with E-state index in [1.54, 1.807) is 0 Å². The molecule has 2 nitrogen and oxygen atoms in total. The van der Waals surface area contributed by atoms with Crippen molar-refractivity contribution in [1.29, 1.82) is 0 Å². The maximum atomic E-state index is 5.24. The van der Waals surface area contributed by atoms with Crippen LogP contribution in [0.4, 0.5) is 0 Å². The van der Waals surface area contributed by atoms with Gasteiger partial charge in [-0.05, 0) is 64.4 Å². The van der Waals surface area contributed by atoms with Crippen molar-refractivity contribution in [3.05, 3.63) is 158 Å². The van der Waals surface area contributed by atoms with Crippen molar-refractivity contribution >= 4 is 73.8 Å². The van der Waals surface area contributed by atoms with Crippen molar-refractivity contribution < 1.29 is 0 Å². The molecular weight excluding hydrogens is 621 g/mol. The molecule has 0 unspecified atom stereocenters. The lowest BCUT2D eigenvalue weighted by atomic mass is 9.98. The highest BCUT2D eigenvalue weighted by Crippen LogP contribution is 2.39. The maximum Gasteiger partial charge on any atom is 0.160 e. The van der Waals surface area contributed by atoms with Crippen molar-refractivity contribution in [3.63, 3.8) is 0 Å². The van der Waals surface area contributed by atoms with Gasteiger partial charge in [0.15, 0.2) is 5.82 Å². The van der Waals surface area contributed by atoms with Gasteiger partial charge in [-0.2, -0.15) is 0 Å². The van der Waals surface area contributed by atoms with Gasteiger partial charge in [-0.1, -0.05) is 115 Å². The first kappa shape index (κ1) is 27.4. The Hall–Kier alpha value is -5.68. The van der Waals surface area contributed by atoms with Gasteiger partial charge in [-0.15, -0.1) is 22.7 Å². The molecule has 10 rings (SSSR count). The Morgan fingerprint density at radius 3 is 1.56 bits per heavy atom. The molecule has 0 saturated heterocycles. The van der Waals surface area contributed by atoms with Crippen LogP contribution in [0, 0.1) is 0 Å². The number of nitrogens with zero attached hydrogens (tertiary/aromatic N) is 2. The zero-order valence-electron chi connectivity index (χ0n) is 25.7. The highest BCUT2D eigenvalue weighted by atomic mass is 32.1. The van der Waals surface area contributed by atoms with E-state index in [4.69, 9.17) is 9.97 Å². The van der Waals surface area contributed by atoms with Gasteiger partial charge in [0.1, 0.15) is 0 Å². The third kappa shape index (κ3) is 4.61. The van der Waals surface area contributed by atoms with E-state index in [9.17, 15) is 0 Å². The van der Waals surface area contributed by atoms with Crippen LogP contribution in [0.25, 0.3) is 96.1 Å². The Morgan fingerprint density at radius 2 is 0.833 bits per heavy atom. The summed E-state index contributed by atoms with van der Waals surface area (Å²) in [5, 5.41) is 7.63. The Balaban J connectivity index is 1.15. The zero-order valence-corrected chi connectivity index (χ0v) is 27.4. The Labute approximate surface area is 285 Å². The average Bonchev–Trinajstić information content (AvgIpc) is 3.72. The van der Waals surface area contributed by atoms with Crippen LogP contribution in [0.3, 0.4) is 0 Å². The summed E-state index contributed by atoms with van der Waals surface area (Å²) in [6.07, 6.45) is 0. The van der Waals surface area contributed by atoms with Crippen LogP contribution < -0.4 is 0 Å². The van der Waals surface area contributed by atoms with Gasteiger partial charge >= 0.3 is 0 Å². The topological polar surface area (TPSA) is 25.8 Å². The lowest BCUT2D eigenvalue weighted by molar-refractivity contribution is 1.19. The van der Waals surface area contributed by atoms with Gasteiger partial charge in [0.05, 0.1) is 11.4 Å². The molecule has 10 aromatic rings. The fraction of sp³-hybridized carbons (Fsp3) is 0. The average molecular weight is 647 g/mol. The van der Waals surface area contributed by atoms with Crippen molar-refractivity contribution in [2.24, 2.45) is 0 Å². The van der Waals surface area contributed by atoms with E-state index in [1.807, 2.05) is 22.7 Å². The highest BCUT2D eigenvalue weighted by molar-refractivity contribution is 7.26. The first-order chi connectivity index (χ1) is 23.7. The second-order valence-corrected chi connectivity index (χ2v) is 14.4. The summed E-state index contributed by atoms with van der Waals surface area (Å²) in [7, 11) is 0. The SMILES string of the molecule is c1cc(-c2ccc3ccccc3c2)cc(-c2cc(-c3ccc4c(c3)sc3ccccc34)nc(-c3ccc4c(c3)sc3ccccc34)n2)c1. The van der Waals surface area contributed by atoms with Crippen LogP contribution in [0.15, 0.2) is 158 Å². The second-order valence-electron chi connectivity index (χ2n) is 12.2. The number of hydrogen-bond acceptors (Lipinski definition) is 4. The summed E-state index contributed by atoms with van der Waals surface area (Å²) in [5.41, 5.74) is 7.36. The monoisotopic (exact) mass is 646 g/mol. The van der Waals surface area contributed by atoms with Crippen molar-refractivity contribution in [2.75, 3.05) is 0 Å². The summed E-state index contributed by atoms with van der Waals surface area (Å²) in [6, 6.07) is 56.7. The molecule has 0 radical (unpaired) electrons. The summed E-state index contributed by atoms with van der Waals surface area (Å²) < 4.78 is 5.10. The van der Waals surface area contributed by atoms with Crippen molar-refractivity contribution in [1.82, 2.24) is 9.97 Å². The number of thiophene rings is 2. The van der Waals surface area contributed by atoms with E-state index in [2.05, 4.69) is 158 Å². The quantitative estimate of drug-likeness (QED) is 0.190. The van der Waals surface area contributed by atoms with Crippen LogP contribution >= 0.6 is 22.7 Å². The van der Waals surface area contributed by atoms with E-state index in [0.29, 0.717) is 0 Å². The van der Waals surface area contributed by atoms with Crippen LogP contribution in [0.5, 0.6) is 0 Å². The van der Waals surface area contributed by atoms with Crippen LogP contribution in [0.1, 0.15) is 0 Å². The molecule has 0 fully saturated rings. The molecule has 224 valence electrons. The fourth-order valence-electron chi connectivity index (χ4n) is 6.85. The Morgan fingerprint density at radius 1 is 0.312 bits per heavy atom. The van der Waals surface area contributed by atoms with Crippen LogP contribution in [-0.4, -0.2) is 9.97 Å². The zero-order chi connectivity index (χ0) is 31.6. The summed E-state index contributed by atoms with van der Waals surface area (Å²) in [5.74, 6) is 0.731. The van der Waals surface area contributed by atoms with Gasteiger partial charge in [-0.3, -0.25) is 0 Å². The molecule has 3 aromatic heterocycles. The molecule has 48 heavy (non-hydrogen) atoms. The van der Waals surface area contributed by atoms with E-state index in [0.717, 1.165) is 33.9 Å². The van der Waals surface area contributed by atoms with Gasteiger partial charge in [0, 0.05) is 57.0 Å². The van der Waals surface area contributed by atoms with Gasteiger partial charge in [0.2, 0.25) is 0 Å². The molecule has 0 bridgehead atoms. The molecule has 0 N–H and O–H groups in total. The van der Waals surface area contributed by atoms with Gasteiger partial charge in [-0.25, -0.2) is 9.97 Å². The lowest BCUT2D eigenvalue weighted by Crippen LogP contribution is -1.96. The minimum Gasteiger partial charge on any atom is -0.228 e. The molecule has 0 amide bonds. The lowest BCUT2D eigenvalue weighted by Gasteiger charge is -2.11. The van der Waals surface area contributed by atoms with Crippen molar-refractivity contribution in [3.8, 4) is 45.0 Å². The summed E-state index contributed by atoms with van der Waals surface area (Å²) in [6.45, 7) is 0. The third-order valence-corrected chi connectivity index (χ3v) is 11.5. The second kappa shape index (κ2) is 11.0. The normalized spacial score (nSPS) is 11.8. The number of hydrogen-bond donors (Lipinski definition) is 0. The van der Waals surface area contributed by atoms with Crippen molar-refractivity contribution in [2.45, 2.75) is 0 Å².